The molecule has 27 heavy (non-hydrogen) atoms. The second-order valence-electron chi connectivity index (χ2n) is 5.97. The van der Waals surface area contributed by atoms with Crippen LogP contribution in [0.2, 0.25) is 0 Å². The van der Waals surface area contributed by atoms with Crippen LogP contribution in [0.15, 0.2) is 61.2 Å². The van der Waals surface area contributed by atoms with Gasteiger partial charge >= 0.3 is 0 Å². The van der Waals surface area contributed by atoms with Crippen LogP contribution < -0.4 is 10.1 Å². The lowest BCUT2D eigenvalue weighted by Crippen LogP contribution is -2.29. The number of anilines is 1. The van der Waals surface area contributed by atoms with Crippen LogP contribution in [0, 0.1) is 0 Å². The first kappa shape index (κ1) is 18.3. The number of hydrogen-bond donors (Lipinski definition) is 1. The van der Waals surface area contributed by atoms with E-state index in [0.717, 1.165) is 11.1 Å². The minimum absolute atomic E-state index is 0.0233. The molecule has 7 nitrogen and oxygen atoms in total. The fraction of sp³-hybridized carbons (Fsp3) is 0.200. The van der Waals surface area contributed by atoms with Gasteiger partial charge in [0.25, 0.3) is 0 Å². The number of amides is 1. The molecule has 0 saturated heterocycles. The van der Waals surface area contributed by atoms with E-state index >= 15 is 0 Å². The molecule has 3 aromatic rings. The number of carbonyl (C=O) groups excluding carboxylic acids is 1. The van der Waals surface area contributed by atoms with E-state index in [9.17, 15) is 4.79 Å². The van der Waals surface area contributed by atoms with Gasteiger partial charge in [-0.15, -0.1) is 0 Å². The number of hydrogen-bond acceptors (Lipinski definition) is 6. The summed E-state index contributed by atoms with van der Waals surface area (Å²) in [5, 5.41) is 3.13. The molecule has 0 aliphatic carbocycles. The molecule has 138 valence electrons. The first-order valence-corrected chi connectivity index (χ1v) is 8.58. The van der Waals surface area contributed by atoms with Gasteiger partial charge in [0.1, 0.15) is 11.6 Å². The Kier molecular flexibility index (Phi) is 5.94. The molecule has 3 rings (SSSR count). The van der Waals surface area contributed by atoms with Crippen LogP contribution >= 0.6 is 0 Å². The fourth-order valence-corrected chi connectivity index (χ4v) is 2.37. The van der Waals surface area contributed by atoms with E-state index in [2.05, 4.69) is 20.3 Å². The number of aromatic nitrogens is 3. The Morgan fingerprint density at radius 3 is 2.44 bits per heavy atom. The number of nitrogens with one attached hydrogen (secondary N) is 1. The van der Waals surface area contributed by atoms with E-state index in [1.165, 1.54) is 6.92 Å². The number of carbonyl (C=O) groups is 1. The predicted octanol–water partition coefficient (Wildman–Crippen LogP) is 3.22. The Morgan fingerprint density at radius 2 is 1.74 bits per heavy atom. The highest BCUT2D eigenvalue weighted by molar-refractivity contribution is 5.72. The molecule has 0 aliphatic rings. The molecule has 0 spiro atoms. The van der Waals surface area contributed by atoms with Crippen molar-refractivity contribution in [3.05, 3.63) is 61.2 Å². The molecule has 0 saturated carbocycles. The third-order valence-corrected chi connectivity index (χ3v) is 3.99. The van der Waals surface area contributed by atoms with Crippen molar-refractivity contribution in [2.75, 3.05) is 25.5 Å². The molecule has 7 heteroatoms. The Labute approximate surface area is 158 Å². The second kappa shape index (κ2) is 8.75. The Morgan fingerprint density at radius 1 is 1.04 bits per heavy atom. The molecule has 0 fully saturated rings. The standard InChI is InChI=1S/C20H21N5O2/c1-15(26)25(2)12-11-23-19-13-22-14-20(24-19)27-18-5-3-16(4-6-18)17-7-9-21-10-8-17/h3-10,13-14H,11-12H2,1-2H3,(H,23,24). The normalized spacial score (nSPS) is 10.3. The molecule has 1 N–H and O–H groups in total. The summed E-state index contributed by atoms with van der Waals surface area (Å²) in [5.74, 6) is 1.69. The van der Waals surface area contributed by atoms with Crippen LogP contribution in [0.4, 0.5) is 5.82 Å². The molecule has 0 radical (unpaired) electrons. The van der Waals surface area contributed by atoms with Crippen molar-refractivity contribution in [3.8, 4) is 22.8 Å². The zero-order chi connectivity index (χ0) is 19.1. The maximum atomic E-state index is 11.2. The quantitative estimate of drug-likeness (QED) is 0.694. The summed E-state index contributed by atoms with van der Waals surface area (Å²) in [6.45, 7) is 2.70. The van der Waals surface area contributed by atoms with Crippen molar-refractivity contribution in [2.24, 2.45) is 0 Å². The third-order valence-electron chi connectivity index (χ3n) is 3.99. The summed E-state index contributed by atoms with van der Waals surface area (Å²) in [6.07, 6.45) is 6.71. The second-order valence-corrected chi connectivity index (χ2v) is 5.97. The third kappa shape index (κ3) is 5.24. The molecular weight excluding hydrogens is 342 g/mol. The van der Waals surface area contributed by atoms with Gasteiger partial charge in [-0.05, 0) is 35.4 Å². The number of rotatable bonds is 7. The van der Waals surface area contributed by atoms with Gasteiger partial charge in [-0.1, -0.05) is 12.1 Å². The lowest BCUT2D eigenvalue weighted by atomic mass is 10.1. The van der Waals surface area contributed by atoms with Crippen molar-refractivity contribution in [3.63, 3.8) is 0 Å². The number of likely N-dealkylation sites (N-methyl/N-ethyl adjacent to an activating group) is 1. The van der Waals surface area contributed by atoms with Gasteiger partial charge in [0, 0.05) is 39.5 Å². The van der Waals surface area contributed by atoms with Crippen molar-refractivity contribution < 1.29 is 9.53 Å². The minimum atomic E-state index is 0.0233. The van der Waals surface area contributed by atoms with E-state index in [1.807, 2.05) is 36.4 Å². The average Bonchev–Trinajstić information content (AvgIpc) is 2.69. The Hall–Kier alpha value is -3.48. The van der Waals surface area contributed by atoms with E-state index in [1.54, 1.807) is 36.7 Å². The van der Waals surface area contributed by atoms with E-state index in [-0.39, 0.29) is 5.91 Å². The van der Waals surface area contributed by atoms with Gasteiger partial charge in [-0.25, -0.2) is 0 Å². The highest BCUT2D eigenvalue weighted by Crippen LogP contribution is 2.24. The number of pyridine rings is 1. The zero-order valence-electron chi connectivity index (χ0n) is 15.3. The van der Waals surface area contributed by atoms with Gasteiger partial charge < -0.3 is 15.0 Å². The predicted molar refractivity (Wildman–Crippen MR) is 104 cm³/mol. The van der Waals surface area contributed by atoms with Crippen LogP contribution in [-0.2, 0) is 4.79 Å². The number of ether oxygens (including phenoxy) is 1. The molecule has 0 bridgehead atoms. The lowest BCUT2D eigenvalue weighted by Gasteiger charge is -2.15. The summed E-state index contributed by atoms with van der Waals surface area (Å²) in [7, 11) is 1.75. The van der Waals surface area contributed by atoms with Gasteiger partial charge in [-0.2, -0.15) is 4.98 Å². The molecular formula is C20H21N5O2. The van der Waals surface area contributed by atoms with E-state index in [4.69, 9.17) is 4.74 Å². The monoisotopic (exact) mass is 363 g/mol. The first-order valence-electron chi connectivity index (χ1n) is 8.58. The average molecular weight is 363 g/mol. The van der Waals surface area contributed by atoms with Crippen molar-refractivity contribution in [1.82, 2.24) is 19.9 Å². The topological polar surface area (TPSA) is 80.2 Å². The van der Waals surface area contributed by atoms with E-state index < -0.39 is 0 Å². The smallest absolute Gasteiger partial charge is 0.239 e. The molecule has 1 amide bonds. The SMILES string of the molecule is CC(=O)N(C)CCNc1cncc(Oc2ccc(-c3ccncc3)cc2)n1. The van der Waals surface area contributed by atoms with Gasteiger partial charge in [0.05, 0.1) is 12.4 Å². The van der Waals surface area contributed by atoms with Crippen LogP contribution in [-0.4, -0.2) is 45.9 Å². The molecule has 2 heterocycles. The van der Waals surface area contributed by atoms with Crippen LogP contribution in [0.5, 0.6) is 11.6 Å². The highest BCUT2D eigenvalue weighted by Gasteiger charge is 2.05. The fourth-order valence-electron chi connectivity index (χ4n) is 2.37. The van der Waals surface area contributed by atoms with Crippen molar-refractivity contribution >= 4 is 11.7 Å². The van der Waals surface area contributed by atoms with E-state index in [0.29, 0.717) is 30.5 Å². The highest BCUT2D eigenvalue weighted by atomic mass is 16.5. The van der Waals surface area contributed by atoms with Gasteiger partial charge in [0.2, 0.25) is 11.8 Å². The Balaban J connectivity index is 1.60. The van der Waals surface area contributed by atoms with Gasteiger partial charge in [0.15, 0.2) is 0 Å². The lowest BCUT2D eigenvalue weighted by molar-refractivity contribution is -0.127. The van der Waals surface area contributed by atoms with Crippen LogP contribution in [0.3, 0.4) is 0 Å². The van der Waals surface area contributed by atoms with Crippen LogP contribution in [0.1, 0.15) is 6.92 Å². The molecule has 2 aromatic heterocycles. The number of nitrogens with zero attached hydrogens (tertiary/aromatic N) is 4. The summed E-state index contributed by atoms with van der Waals surface area (Å²) in [4.78, 5) is 25.4. The molecule has 0 unspecified atom stereocenters. The molecule has 0 atom stereocenters. The summed E-state index contributed by atoms with van der Waals surface area (Å²) in [5.41, 5.74) is 2.18. The summed E-state index contributed by atoms with van der Waals surface area (Å²) in [6, 6.07) is 11.7. The molecule has 1 aromatic carbocycles. The van der Waals surface area contributed by atoms with Gasteiger partial charge in [-0.3, -0.25) is 14.8 Å². The summed E-state index contributed by atoms with van der Waals surface area (Å²) < 4.78 is 5.79. The van der Waals surface area contributed by atoms with Crippen molar-refractivity contribution in [1.29, 1.82) is 0 Å². The maximum Gasteiger partial charge on any atom is 0.239 e. The Bertz CT molecular complexity index is 884. The zero-order valence-corrected chi connectivity index (χ0v) is 15.3. The summed E-state index contributed by atoms with van der Waals surface area (Å²) >= 11 is 0. The largest absolute Gasteiger partial charge is 0.437 e. The maximum absolute atomic E-state index is 11.2. The van der Waals surface area contributed by atoms with Crippen LogP contribution in [0.25, 0.3) is 11.1 Å². The first-order chi connectivity index (χ1) is 13.1. The molecule has 0 aliphatic heterocycles. The number of benzene rings is 1. The van der Waals surface area contributed by atoms with Crippen molar-refractivity contribution in [2.45, 2.75) is 6.92 Å². The minimum Gasteiger partial charge on any atom is -0.437 e.